The van der Waals surface area contributed by atoms with Gasteiger partial charge in [-0.15, -0.1) is 0 Å². The van der Waals surface area contributed by atoms with E-state index < -0.39 is 0 Å². The number of halogens is 1. The van der Waals surface area contributed by atoms with Crippen LogP contribution in [-0.4, -0.2) is 10.9 Å². The maximum absolute atomic E-state index is 11.4. The number of ketones is 1. The smallest absolute Gasteiger partial charge is 0.163 e. The zero-order valence-corrected chi connectivity index (χ0v) is 11.0. The van der Waals surface area contributed by atoms with Gasteiger partial charge in [-0.2, -0.15) is 0 Å². The van der Waals surface area contributed by atoms with Crippen molar-refractivity contribution in [2.75, 3.05) is 0 Å². The van der Waals surface area contributed by atoms with Gasteiger partial charge in [0, 0.05) is 5.02 Å². The van der Waals surface area contributed by atoms with Gasteiger partial charge in [0.2, 0.25) is 0 Å². The van der Waals surface area contributed by atoms with Crippen LogP contribution in [0.25, 0.3) is 11.1 Å². The van der Waals surface area contributed by atoms with Gasteiger partial charge in [0.25, 0.3) is 0 Å². The third kappa shape index (κ3) is 2.39. The van der Waals surface area contributed by atoms with Gasteiger partial charge in [-0.1, -0.05) is 29.8 Å². The van der Waals surface area contributed by atoms with Crippen LogP contribution in [0.1, 0.15) is 22.8 Å². The summed E-state index contributed by atoms with van der Waals surface area (Å²) < 4.78 is 0. The molecule has 3 heteroatoms. The molecule has 2 aromatic carbocycles. The van der Waals surface area contributed by atoms with Crippen molar-refractivity contribution in [2.24, 2.45) is 0 Å². The minimum Gasteiger partial charge on any atom is -0.507 e. The average Bonchev–Trinajstić information content (AvgIpc) is 2.27. The second kappa shape index (κ2) is 4.83. The zero-order chi connectivity index (χ0) is 13.3. The molecule has 0 aromatic heterocycles. The standard InChI is InChI=1S/C15H13ClO2/c1-9-6-12(8-14(18)15(9)10(2)17)11-4-3-5-13(16)7-11/h3-8,18H,1-2H3. The fourth-order valence-electron chi connectivity index (χ4n) is 2.06. The molecule has 0 heterocycles. The molecular formula is C15H13ClO2. The van der Waals surface area contributed by atoms with E-state index in [1.54, 1.807) is 12.1 Å². The molecular weight excluding hydrogens is 248 g/mol. The molecule has 2 rings (SSSR count). The van der Waals surface area contributed by atoms with Crippen LogP contribution in [-0.2, 0) is 0 Å². The van der Waals surface area contributed by atoms with E-state index >= 15 is 0 Å². The van der Waals surface area contributed by atoms with E-state index in [9.17, 15) is 9.90 Å². The Morgan fingerprint density at radius 2 is 1.89 bits per heavy atom. The number of Topliss-reactive ketones (excluding diaryl/α,β-unsaturated/α-hetero) is 1. The van der Waals surface area contributed by atoms with Gasteiger partial charge in [0.05, 0.1) is 5.56 Å². The second-order valence-electron chi connectivity index (χ2n) is 4.25. The van der Waals surface area contributed by atoms with Crippen molar-refractivity contribution in [3.8, 4) is 16.9 Å². The Morgan fingerprint density at radius 3 is 2.44 bits per heavy atom. The molecule has 1 N–H and O–H groups in total. The van der Waals surface area contributed by atoms with Crippen molar-refractivity contribution in [3.63, 3.8) is 0 Å². The minimum absolute atomic E-state index is 0.0116. The van der Waals surface area contributed by atoms with Gasteiger partial charge in [-0.05, 0) is 48.7 Å². The van der Waals surface area contributed by atoms with Crippen LogP contribution >= 0.6 is 11.6 Å². The number of phenols is 1. The number of carbonyl (C=O) groups is 1. The molecule has 92 valence electrons. The van der Waals surface area contributed by atoms with Gasteiger partial charge in [-0.25, -0.2) is 0 Å². The summed E-state index contributed by atoms with van der Waals surface area (Å²) in [5.74, 6) is -0.125. The molecule has 0 aliphatic heterocycles. The Morgan fingerprint density at radius 1 is 1.17 bits per heavy atom. The first-order valence-electron chi connectivity index (χ1n) is 5.59. The molecule has 0 saturated heterocycles. The van der Waals surface area contributed by atoms with E-state index in [-0.39, 0.29) is 11.5 Å². The van der Waals surface area contributed by atoms with Crippen LogP contribution in [0.5, 0.6) is 5.75 Å². The molecule has 0 bridgehead atoms. The van der Waals surface area contributed by atoms with Crippen molar-refractivity contribution >= 4 is 17.4 Å². The summed E-state index contributed by atoms with van der Waals surface area (Å²) >= 11 is 5.94. The molecule has 2 nitrogen and oxygen atoms in total. The Bertz CT molecular complexity index is 595. The number of phenolic OH excluding ortho intramolecular Hbond substituents is 1. The molecule has 0 aliphatic rings. The molecule has 0 saturated carbocycles. The summed E-state index contributed by atoms with van der Waals surface area (Å²) in [7, 11) is 0. The lowest BCUT2D eigenvalue weighted by atomic mass is 9.97. The maximum atomic E-state index is 11.4. The van der Waals surface area contributed by atoms with Crippen LogP contribution in [0.2, 0.25) is 5.02 Å². The lowest BCUT2D eigenvalue weighted by Gasteiger charge is -2.09. The molecule has 18 heavy (non-hydrogen) atoms. The lowest BCUT2D eigenvalue weighted by Crippen LogP contribution is -1.97. The molecule has 0 atom stereocenters. The molecule has 0 spiro atoms. The van der Waals surface area contributed by atoms with Crippen LogP contribution < -0.4 is 0 Å². The maximum Gasteiger partial charge on any atom is 0.163 e. The van der Waals surface area contributed by atoms with Crippen molar-refractivity contribution in [3.05, 3.63) is 52.5 Å². The summed E-state index contributed by atoms with van der Waals surface area (Å²) in [5, 5.41) is 10.6. The number of aromatic hydroxyl groups is 1. The Labute approximate surface area is 111 Å². The van der Waals surface area contributed by atoms with Crippen LogP contribution in [0.4, 0.5) is 0 Å². The highest BCUT2D eigenvalue weighted by Gasteiger charge is 2.12. The van der Waals surface area contributed by atoms with Crippen LogP contribution in [0.3, 0.4) is 0 Å². The van der Waals surface area contributed by atoms with E-state index in [1.807, 2.05) is 31.2 Å². The molecule has 2 aromatic rings. The molecule has 0 unspecified atom stereocenters. The minimum atomic E-state index is -0.136. The first kappa shape index (κ1) is 12.7. The zero-order valence-electron chi connectivity index (χ0n) is 10.2. The molecule has 0 radical (unpaired) electrons. The fourth-order valence-corrected chi connectivity index (χ4v) is 2.25. The van der Waals surface area contributed by atoms with E-state index in [1.165, 1.54) is 6.92 Å². The quantitative estimate of drug-likeness (QED) is 0.821. The van der Waals surface area contributed by atoms with Gasteiger partial charge in [-0.3, -0.25) is 4.79 Å². The summed E-state index contributed by atoms with van der Waals surface area (Å²) in [4.78, 5) is 11.4. The predicted molar refractivity (Wildman–Crippen MR) is 73.3 cm³/mol. The van der Waals surface area contributed by atoms with Crippen LogP contribution in [0.15, 0.2) is 36.4 Å². The Hall–Kier alpha value is -1.80. The summed E-state index contributed by atoms with van der Waals surface area (Å²) in [6.45, 7) is 3.26. The lowest BCUT2D eigenvalue weighted by molar-refractivity contribution is 0.101. The highest BCUT2D eigenvalue weighted by molar-refractivity contribution is 6.30. The molecule has 0 amide bonds. The van der Waals surface area contributed by atoms with E-state index in [4.69, 9.17) is 11.6 Å². The fraction of sp³-hybridized carbons (Fsp3) is 0.133. The van der Waals surface area contributed by atoms with Gasteiger partial charge in [0.15, 0.2) is 5.78 Å². The number of hydrogen-bond acceptors (Lipinski definition) is 2. The average molecular weight is 261 g/mol. The molecule has 0 aliphatic carbocycles. The Balaban J connectivity index is 2.58. The SMILES string of the molecule is CC(=O)c1c(C)cc(-c2cccc(Cl)c2)cc1O. The highest BCUT2D eigenvalue weighted by Crippen LogP contribution is 2.30. The highest BCUT2D eigenvalue weighted by atomic mass is 35.5. The number of aryl methyl sites for hydroxylation is 1. The second-order valence-corrected chi connectivity index (χ2v) is 4.69. The number of rotatable bonds is 2. The van der Waals surface area contributed by atoms with Crippen molar-refractivity contribution in [2.45, 2.75) is 13.8 Å². The van der Waals surface area contributed by atoms with Crippen molar-refractivity contribution < 1.29 is 9.90 Å². The summed E-state index contributed by atoms with van der Waals surface area (Å²) in [6, 6.07) is 10.8. The summed E-state index contributed by atoms with van der Waals surface area (Å²) in [6.07, 6.45) is 0. The van der Waals surface area contributed by atoms with Crippen molar-refractivity contribution in [1.82, 2.24) is 0 Å². The van der Waals surface area contributed by atoms with Gasteiger partial charge < -0.3 is 5.11 Å². The first-order chi connectivity index (χ1) is 8.49. The summed E-state index contributed by atoms with van der Waals surface area (Å²) in [5.41, 5.74) is 2.90. The number of hydrogen-bond donors (Lipinski definition) is 1. The normalized spacial score (nSPS) is 10.4. The Kier molecular flexibility index (Phi) is 3.39. The van der Waals surface area contributed by atoms with Crippen LogP contribution in [0, 0.1) is 6.92 Å². The topological polar surface area (TPSA) is 37.3 Å². The third-order valence-corrected chi connectivity index (χ3v) is 3.06. The van der Waals surface area contributed by atoms with Crippen molar-refractivity contribution in [1.29, 1.82) is 0 Å². The molecule has 0 fully saturated rings. The van der Waals surface area contributed by atoms with E-state index in [0.717, 1.165) is 16.7 Å². The number of benzene rings is 2. The first-order valence-corrected chi connectivity index (χ1v) is 5.97. The van der Waals surface area contributed by atoms with Gasteiger partial charge in [0.1, 0.15) is 5.75 Å². The largest absolute Gasteiger partial charge is 0.507 e. The number of carbonyl (C=O) groups excluding carboxylic acids is 1. The van der Waals surface area contributed by atoms with E-state index in [2.05, 4.69) is 0 Å². The predicted octanol–water partition coefficient (Wildman–Crippen LogP) is 4.22. The van der Waals surface area contributed by atoms with E-state index in [0.29, 0.717) is 10.6 Å². The third-order valence-electron chi connectivity index (χ3n) is 2.82. The monoisotopic (exact) mass is 260 g/mol. The van der Waals surface area contributed by atoms with Gasteiger partial charge >= 0.3 is 0 Å².